The van der Waals surface area contributed by atoms with Gasteiger partial charge in [-0.1, -0.05) is 23.7 Å². The van der Waals surface area contributed by atoms with E-state index in [1.54, 1.807) is 24.3 Å². The summed E-state index contributed by atoms with van der Waals surface area (Å²) < 4.78 is 5.49. The van der Waals surface area contributed by atoms with Crippen LogP contribution in [0.2, 0.25) is 5.02 Å². The van der Waals surface area contributed by atoms with Crippen LogP contribution in [0.3, 0.4) is 0 Å². The SMILES string of the molecule is N#Cc1ccc(COc2cc(Cl)ccc2C(=O)O)cc1. The van der Waals surface area contributed by atoms with Crippen LogP contribution < -0.4 is 4.74 Å². The Morgan fingerprint density at radius 1 is 1.25 bits per heavy atom. The van der Waals surface area contributed by atoms with Crippen LogP contribution in [0.5, 0.6) is 5.75 Å². The topological polar surface area (TPSA) is 70.3 Å². The van der Waals surface area contributed by atoms with Crippen molar-refractivity contribution in [1.29, 1.82) is 5.26 Å². The molecule has 2 rings (SSSR count). The molecule has 0 atom stereocenters. The van der Waals surface area contributed by atoms with E-state index < -0.39 is 5.97 Å². The van der Waals surface area contributed by atoms with Crippen LogP contribution in [0, 0.1) is 11.3 Å². The Kier molecular flexibility index (Phi) is 4.24. The van der Waals surface area contributed by atoms with Gasteiger partial charge >= 0.3 is 5.97 Å². The van der Waals surface area contributed by atoms with E-state index in [-0.39, 0.29) is 17.9 Å². The van der Waals surface area contributed by atoms with Gasteiger partial charge in [-0.25, -0.2) is 4.79 Å². The highest BCUT2D eigenvalue weighted by atomic mass is 35.5. The largest absolute Gasteiger partial charge is 0.488 e. The molecular weight excluding hydrogens is 278 g/mol. The molecule has 20 heavy (non-hydrogen) atoms. The first kappa shape index (κ1) is 13.9. The summed E-state index contributed by atoms with van der Waals surface area (Å²) in [6, 6.07) is 13.2. The van der Waals surface area contributed by atoms with Crippen LogP contribution in [0.15, 0.2) is 42.5 Å². The number of aromatic carboxylic acids is 1. The van der Waals surface area contributed by atoms with Crippen LogP contribution in [0.1, 0.15) is 21.5 Å². The molecule has 0 aliphatic carbocycles. The molecule has 100 valence electrons. The Morgan fingerprint density at radius 3 is 2.55 bits per heavy atom. The zero-order chi connectivity index (χ0) is 14.5. The van der Waals surface area contributed by atoms with Gasteiger partial charge in [-0.05, 0) is 35.9 Å². The first-order valence-corrected chi connectivity index (χ1v) is 6.12. The van der Waals surface area contributed by atoms with E-state index in [9.17, 15) is 4.79 Å². The molecule has 0 fully saturated rings. The van der Waals surface area contributed by atoms with Crippen molar-refractivity contribution in [2.45, 2.75) is 6.61 Å². The fourth-order valence-corrected chi connectivity index (χ4v) is 1.79. The maximum absolute atomic E-state index is 11.1. The lowest BCUT2D eigenvalue weighted by atomic mass is 10.1. The molecule has 0 spiro atoms. The Balaban J connectivity index is 2.15. The van der Waals surface area contributed by atoms with Crippen molar-refractivity contribution >= 4 is 17.6 Å². The minimum Gasteiger partial charge on any atom is -0.488 e. The van der Waals surface area contributed by atoms with Gasteiger partial charge in [-0.15, -0.1) is 0 Å². The van der Waals surface area contributed by atoms with Crippen molar-refractivity contribution in [3.05, 3.63) is 64.2 Å². The van der Waals surface area contributed by atoms with Crippen LogP contribution in [0.25, 0.3) is 0 Å². The summed E-state index contributed by atoms with van der Waals surface area (Å²) in [5, 5.41) is 18.2. The second kappa shape index (κ2) is 6.09. The lowest BCUT2D eigenvalue weighted by Gasteiger charge is -2.09. The predicted molar refractivity (Wildman–Crippen MR) is 73.9 cm³/mol. The van der Waals surface area contributed by atoms with Crippen molar-refractivity contribution in [2.24, 2.45) is 0 Å². The predicted octanol–water partition coefficient (Wildman–Crippen LogP) is 3.49. The van der Waals surface area contributed by atoms with Gasteiger partial charge in [0.1, 0.15) is 17.9 Å². The molecule has 5 heteroatoms. The zero-order valence-electron chi connectivity index (χ0n) is 10.3. The average Bonchev–Trinajstić information content (AvgIpc) is 2.45. The maximum atomic E-state index is 11.1. The monoisotopic (exact) mass is 287 g/mol. The number of hydrogen-bond acceptors (Lipinski definition) is 3. The first-order valence-electron chi connectivity index (χ1n) is 5.75. The number of rotatable bonds is 4. The maximum Gasteiger partial charge on any atom is 0.339 e. The molecule has 0 aromatic heterocycles. The number of carboxylic acid groups (broad SMARTS) is 1. The third-order valence-corrected chi connectivity index (χ3v) is 2.89. The smallest absolute Gasteiger partial charge is 0.339 e. The molecule has 4 nitrogen and oxygen atoms in total. The van der Waals surface area contributed by atoms with Crippen molar-refractivity contribution < 1.29 is 14.6 Å². The Labute approximate surface area is 120 Å². The molecule has 2 aromatic rings. The average molecular weight is 288 g/mol. The van der Waals surface area contributed by atoms with Crippen LogP contribution in [-0.2, 0) is 6.61 Å². The van der Waals surface area contributed by atoms with Gasteiger partial charge < -0.3 is 9.84 Å². The highest BCUT2D eigenvalue weighted by Gasteiger charge is 2.11. The third kappa shape index (κ3) is 3.28. The number of carboxylic acids is 1. The van der Waals surface area contributed by atoms with E-state index in [1.165, 1.54) is 18.2 Å². The van der Waals surface area contributed by atoms with Crippen molar-refractivity contribution in [2.75, 3.05) is 0 Å². The second-order valence-electron chi connectivity index (χ2n) is 4.04. The van der Waals surface area contributed by atoms with E-state index in [1.807, 2.05) is 6.07 Å². The third-order valence-electron chi connectivity index (χ3n) is 2.65. The second-order valence-corrected chi connectivity index (χ2v) is 4.48. The molecule has 0 aliphatic heterocycles. The molecule has 1 N–H and O–H groups in total. The molecule has 0 saturated heterocycles. The summed E-state index contributed by atoms with van der Waals surface area (Å²) >= 11 is 5.83. The van der Waals surface area contributed by atoms with E-state index in [0.29, 0.717) is 10.6 Å². The molecule has 0 saturated carbocycles. The van der Waals surface area contributed by atoms with Crippen molar-refractivity contribution in [1.82, 2.24) is 0 Å². The minimum absolute atomic E-state index is 0.0584. The molecule has 0 bridgehead atoms. The number of carbonyl (C=O) groups is 1. The van der Waals surface area contributed by atoms with E-state index in [0.717, 1.165) is 5.56 Å². The number of benzene rings is 2. The summed E-state index contributed by atoms with van der Waals surface area (Å²) in [6.45, 7) is 0.201. The normalized spacial score (nSPS) is 9.80. The molecular formula is C15H10ClNO3. The highest BCUT2D eigenvalue weighted by molar-refractivity contribution is 6.30. The summed E-state index contributed by atoms with van der Waals surface area (Å²) in [5.41, 5.74) is 1.45. The van der Waals surface area contributed by atoms with Gasteiger partial charge in [-0.3, -0.25) is 0 Å². The minimum atomic E-state index is -1.07. The van der Waals surface area contributed by atoms with Crippen molar-refractivity contribution in [3.63, 3.8) is 0 Å². The van der Waals surface area contributed by atoms with Gasteiger partial charge in [0.2, 0.25) is 0 Å². The standard InChI is InChI=1S/C15H10ClNO3/c16-12-5-6-13(15(18)19)14(7-12)20-9-11-3-1-10(8-17)2-4-11/h1-7H,9H2,(H,18,19). The van der Waals surface area contributed by atoms with E-state index in [2.05, 4.69) is 0 Å². The van der Waals surface area contributed by atoms with E-state index in [4.69, 9.17) is 26.7 Å². The number of ether oxygens (including phenoxy) is 1. The zero-order valence-corrected chi connectivity index (χ0v) is 11.1. The fraction of sp³-hybridized carbons (Fsp3) is 0.0667. The molecule has 0 heterocycles. The Bertz CT molecular complexity index is 675. The van der Waals surface area contributed by atoms with Gasteiger partial charge in [0, 0.05) is 5.02 Å². The molecule has 2 aromatic carbocycles. The van der Waals surface area contributed by atoms with Crippen LogP contribution in [0.4, 0.5) is 0 Å². The summed E-state index contributed by atoms with van der Waals surface area (Å²) in [5.74, 6) is -0.856. The lowest BCUT2D eigenvalue weighted by Crippen LogP contribution is -2.03. The van der Waals surface area contributed by atoms with Crippen molar-refractivity contribution in [3.8, 4) is 11.8 Å². The number of nitriles is 1. The van der Waals surface area contributed by atoms with Gasteiger partial charge in [0.05, 0.1) is 11.6 Å². The van der Waals surface area contributed by atoms with Gasteiger partial charge in [0.25, 0.3) is 0 Å². The molecule has 0 amide bonds. The Hall–Kier alpha value is -2.51. The van der Waals surface area contributed by atoms with E-state index >= 15 is 0 Å². The first-order chi connectivity index (χ1) is 9.60. The van der Waals surface area contributed by atoms with Gasteiger partial charge in [0.15, 0.2) is 0 Å². The lowest BCUT2D eigenvalue weighted by molar-refractivity contribution is 0.0692. The summed E-state index contributed by atoms with van der Waals surface area (Å²) in [6.07, 6.45) is 0. The molecule has 0 unspecified atom stereocenters. The quantitative estimate of drug-likeness (QED) is 0.934. The number of hydrogen-bond donors (Lipinski definition) is 1. The summed E-state index contributed by atoms with van der Waals surface area (Å²) in [4.78, 5) is 11.1. The number of nitrogens with zero attached hydrogens (tertiary/aromatic N) is 1. The fourth-order valence-electron chi connectivity index (χ4n) is 1.63. The van der Waals surface area contributed by atoms with Gasteiger partial charge in [-0.2, -0.15) is 5.26 Å². The highest BCUT2D eigenvalue weighted by Crippen LogP contribution is 2.24. The number of halogens is 1. The Morgan fingerprint density at radius 2 is 1.95 bits per heavy atom. The van der Waals surface area contributed by atoms with Crippen LogP contribution >= 0.6 is 11.6 Å². The van der Waals surface area contributed by atoms with Crippen LogP contribution in [-0.4, -0.2) is 11.1 Å². The molecule has 0 aliphatic rings. The summed E-state index contributed by atoms with van der Waals surface area (Å²) in [7, 11) is 0. The molecule has 0 radical (unpaired) electrons.